The standard InChI is InChI=1S/C16H14F3N3/c17-16(18,19)15(21)22-9-13(7-8-14(22)20)12-5-3-11(4-6-12)10-1-2-10/h3-10,20-21H,1-2H2. The Labute approximate surface area is 125 Å². The second-order valence-corrected chi connectivity index (χ2v) is 5.42. The van der Waals surface area contributed by atoms with Crippen molar-refractivity contribution in [3.63, 3.8) is 0 Å². The van der Waals surface area contributed by atoms with Gasteiger partial charge in [-0.05, 0) is 47.6 Å². The second kappa shape index (κ2) is 5.12. The fourth-order valence-corrected chi connectivity index (χ4v) is 2.36. The Bertz CT molecular complexity index is 768. The first-order valence-corrected chi connectivity index (χ1v) is 6.90. The molecular weight excluding hydrogens is 291 g/mol. The summed E-state index contributed by atoms with van der Waals surface area (Å²) in [5.41, 5.74) is 2.19. The SMILES string of the molecule is N=C(n1cc(-c2ccc(C3CC3)cc2)ccc1=N)C(F)(F)F. The van der Waals surface area contributed by atoms with Crippen LogP contribution in [0.15, 0.2) is 42.6 Å². The van der Waals surface area contributed by atoms with Gasteiger partial charge in [-0.15, -0.1) is 0 Å². The Morgan fingerprint density at radius 3 is 2.14 bits per heavy atom. The number of aromatic nitrogens is 1. The van der Waals surface area contributed by atoms with E-state index in [4.69, 9.17) is 10.8 Å². The van der Waals surface area contributed by atoms with Crippen LogP contribution in [0.2, 0.25) is 0 Å². The maximum absolute atomic E-state index is 12.7. The van der Waals surface area contributed by atoms with Crippen molar-refractivity contribution >= 4 is 5.84 Å². The Kier molecular flexibility index (Phi) is 3.39. The van der Waals surface area contributed by atoms with Gasteiger partial charge < -0.3 is 0 Å². The highest BCUT2D eigenvalue weighted by Crippen LogP contribution is 2.40. The van der Waals surface area contributed by atoms with Gasteiger partial charge in [0, 0.05) is 6.20 Å². The molecular formula is C16H14F3N3. The first-order valence-electron chi connectivity index (χ1n) is 6.90. The predicted octanol–water partition coefficient (Wildman–Crippen LogP) is 3.90. The summed E-state index contributed by atoms with van der Waals surface area (Å²) in [5, 5.41) is 14.8. The van der Waals surface area contributed by atoms with Crippen molar-refractivity contribution in [2.75, 3.05) is 0 Å². The van der Waals surface area contributed by atoms with Gasteiger partial charge in [0.2, 0.25) is 5.84 Å². The molecule has 1 aromatic heterocycles. The normalized spacial score (nSPS) is 14.9. The van der Waals surface area contributed by atoms with E-state index >= 15 is 0 Å². The fourth-order valence-electron chi connectivity index (χ4n) is 2.36. The Morgan fingerprint density at radius 1 is 1.00 bits per heavy atom. The van der Waals surface area contributed by atoms with Crippen LogP contribution in [0.5, 0.6) is 0 Å². The topological polar surface area (TPSA) is 52.6 Å². The molecule has 114 valence electrons. The van der Waals surface area contributed by atoms with E-state index in [0.717, 1.165) is 5.56 Å². The van der Waals surface area contributed by atoms with E-state index < -0.39 is 12.0 Å². The van der Waals surface area contributed by atoms with Gasteiger partial charge in [-0.3, -0.25) is 15.4 Å². The summed E-state index contributed by atoms with van der Waals surface area (Å²) in [6.45, 7) is 0. The molecule has 1 saturated carbocycles. The third-order valence-corrected chi connectivity index (χ3v) is 3.75. The Hall–Kier alpha value is -2.37. The van der Waals surface area contributed by atoms with Gasteiger partial charge in [-0.2, -0.15) is 13.2 Å². The van der Waals surface area contributed by atoms with Crippen LogP contribution in [0.1, 0.15) is 24.3 Å². The van der Waals surface area contributed by atoms with Crippen LogP contribution in [-0.2, 0) is 0 Å². The third kappa shape index (κ3) is 2.81. The molecule has 3 nitrogen and oxygen atoms in total. The molecule has 2 N–H and O–H groups in total. The van der Waals surface area contributed by atoms with Gasteiger partial charge in [0.1, 0.15) is 5.49 Å². The van der Waals surface area contributed by atoms with Crippen LogP contribution in [-0.4, -0.2) is 16.6 Å². The lowest BCUT2D eigenvalue weighted by atomic mass is 10.0. The third-order valence-electron chi connectivity index (χ3n) is 3.75. The molecule has 0 atom stereocenters. The van der Waals surface area contributed by atoms with Crippen molar-refractivity contribution in [3.05, 3.63) is 53.6 Å². The quantitative estimate of drug-likeness (QED) is 0.624. The number of hydrogen-bond acceptors (Lipinski definition) is 2. The fraction of sp³-hybridized carbons (Fsp3) is 0.250. The Morgan fingerprint density at radius 2 is 1.59 bits per heavy atom. The van der Waals surface area contributed by atoms with Crippen molar-refractivity contribution in [3.8, 4) is 11.1 Å². The minimum Gasteiger partial charge on any atom is -0.284 e. The molecule has 22 heavy (non-hydrogen) atoms. The lowest BCUT2D eigenvalue weighted by molar-refractivity contribution is -0.0626. The summed E-state index contributed by atoms with van der Waals surface area (Å²) in [6.07, 6.45) is -1.22. The molecule has 0 aliphatic heterocycles. The van der Waals surface area contributed by atoms with E-state index in [9.17, 15) is 13.2 Å². The molecule has 1 heterocycles. The zero-order chi connectivity index (χ0) is 15.9. The lowest BCUT2D eigenvalue weighted by Crippen LogP contribution is -2.36. The van der Waals surface area contributed by atoms with Crippen LogP contribution in [0.3, 0.4) is 0 Å². The molecule has 1 fully saturated rings. The molecule has 0 amide bonds. The number of rotatable bonds is 2. The van der Waals surface area contributed by atoms with Crippen molar-refractivity contribution in [2.45, 2.75) is 24.9 Å². The van der Waals surface area contributed by atoms with Crippen LogP contribution >= 0.6 is 0 Å². The highest BCUT2D eigenvalue weighted by molar-refractivity contribution is 5.87. The van der Waals surface area contributed by atoms with E-state index in [2.05, 4.69) is 0 Å². The van der Waals surface area contributed by atoms with Crippen LogP contribution in [0, 0.1) is 10.8 Å². The van der Waals surface area contributed by atoms with Gasteiger partial charge in [-0.1, -0.05) is 24.3 Å². The molecule has 2 aromatic rings. The molecule has 0 radical (unpaired) electrons. The van der Waals surface area contributed by atoms with Crippen LogP contribution in [0.25, 0.3) is 11.1 Å². The minimum atomic E-state index is -4.78. The number of pyridine rings is 1. The average Bonchev–Trinajstić information content (AvgIpc) is 3.31. The predicted molar refractivity (Wildman–Crippen MR) is 76.9 cm³/mol. The molecule has 0 unspecified atom stereocenters. The molecule has 1 aromatic carbocycles. The van der Waals surface area contributed by atoms with E-state index in [1.54, 1.807) is 6.07 Å². The highest BCUT2D eigenvalue weighted by Gasteiger charge is 2.36. The number of halogens is 3. The summed E-state index contributed by atoms with van der Waals surface area (Å²) in [4.78, 5) is 0. The largest absolute Gasteiger partial charge is 0.449 e. The van der Waals surface area contributed by atoms with E-state index in [1.165, 1.54) is 30.7 Å². The van der Waals surface area contributed by atoms with Gasteiger partial charge >= 0.3 is 6.18 Å². The van der Waals surface area contributed by atoms with Crippen molar-refractivity contribution in [2.24, 2.45) is 0 Å². The first kappa shape index (κ1) is 14.6. The van der Waals surface area contributed by atoms with Gasteiger partial charge in [-0.25, -0.2) is 0 Å². The molecule has 3 rings (SSSR count). The zero-order valence-electron chi connectivity index (χ0n) is 11.6. The number of nitrogens with one attached hydrogen (secondary N) is 2. The number of nitrogens with zero attached hydrogens (tertiary/aromatic N) is 1. The van der Waals surface area contributed by atoms with Crippen LogP contribution in [0.4, 0.5) is 13.2 Å². The summed E-state index contributed by atoms with van der Waals surface area (Å²) in [6, 6.07) is 10.6. The average molecular weight is 305 g/mol. The lowest BCUT2D eigenvalue weighted by Gasteiger charge is -2.13. The number of alkyl halides is 3. The summed E-state index contributed by atoms with van der Waals surface area (Å²) in [5.74, 6) is -0.943. The molecule has 0 spiro atoms. The summed E-state index contributed by atoms with van der Waals surface area (Å²) in [7, 11) is 0. The maximum atomic E-state index is 12.7. The molecule has 1 aliphatic carbocycles. The molecule has 0 saturated heterocycles. The number of hydrogen-bond donors (Lipinski definition) is 2. The zero-order valence-corrected chi connectivity index (χ0v) is 11.6. The van der Waals surface area contributed by atoms with E-state index in [1.807, 2.05) is 24.3 Å². The van der Waals surface area contributed by atoms with Gasteiger partial charge in [0.05, 0.1) is 0 Å². The molecule has 0 bridgehead atoms. The summed E-state index contributed by atoms with van der Waals surface area (Å²) < 4.78 is 38.6. The molecule has 1 aliphatic rings. The van der Waals surface area contributed by atoms with Crippen molar-refractivity contribution in [1.82, 2.24) is 4.57 Å². The van der Waals surface area contributed by atoms with Gasteiger partial charge in [0.15, 0.2) is 0 Å². The molecule has 6 heteroatoms. The highest BCUT2D eigenvalue weighted by atomic mass is 19.4. The second-order valence-electron chi connectivity index (χ2n) is 5.42. The monoisotopic (exact) mass is 305 g/mol. The van der Waals surface area contributed by atoms with E-state index in [-0.39, 0.29) is 5.49 Å². The Balaban J connectivity index is 1.97. The minimum absolute atomic E-state index is 0.374. The summed E-state index contributed by atoms with van der Waals surface area (Å²) >= 11 is 0. The van der Waals surface area contributed by atoms with E-state index in [0.29, 0.717) is 16.0 Å². The maximum Gasteiger partial charge on any atom is 0.449 e. The first-order chi connectivity index (χ1) is 10.4. The van der Waals surface area contributed by atoms with Crippen molar-refractivity contribution < 1.29 is 13.2 Å². The van der Waals surface area contributed by atoms with Crippen molar-refractivity contribution in [1.29, 1.82) is 10.8 Å². The smallest absolute Gasteiger partial charge is 0.284 e. The number of benzene rings is 1. The van der Waals surface area contributed by atoms with Gasteiger partial charge in [0.25, 0.3) is 0 Å². The van der Waals surface area contributed by atoms with Crippen LogP contribution < -0.4 is 5.49 Å².